The Balaban J connectivity index is 1.57. The van der Waals surface area contributed by atoms with E-state index in [1.165, 1.54) is 11.3 Å². The van der Waals surface area contributed by atoms with Crippen LogP contribution in [0.15, 0.2) is 9.90 Å². The fourth-order valence-corrected chi connectivity index (χ4v) is 4.52. The molecule has 138 valence electrons. The second kappa shape index (κ2) is 6.50. The highest BCUT2D eigenvalue weighted by molar-refractivity contribution is 7.09. The zero-order chi connectivity index (χ0) is 18.4. The molecule has 3 fully saturated rings. The zero-order valence-electron chi connectivity index (χ0n) is 15.2. The predicted molar refractivity (Wildman–Crippen MR) is 95.8 cm³/mol. The number of fused-ring (bicyclic) bond motifs is 4. The molecule has 26 heavy (non-hydrogen) atoms. The van der Waals surface area contributed by atoms with Gasteiger partial charge in [-0.25, -0.2) is 4.98 Å². The van der Waals surface area contributed by atoms with Crippen LogP contribution in [0.3, 0.4) is 0 Å². The van der Waals surface area contributed by atoms with E-state index in [9.17, 15) is 9.59 Å². The highest BCUT2D eigenvalue weighted by atomic mass is 32.1. The first-order valence-electron chi connectivity index (χ1n) is 8.87. The van der Waals surface area contributed by atoms with E-state index >= 15 is 0 Å². The van der Waals surface area contributed by atoms with Crippen molar-refractivity contribution in [2.45, 2.75) is 46.2 Å². The topological polar surface area (TPSA) is 79.5 Å². The Labute approximate surface area is 156 Å². The lowest BCUT2D eigenvalue weighted by Crippen LogP contribution is -2.47. The molecule has 0 spiro atoms. The molecule has 3 aliphatic rings. The highest BCUT2D eigenvalue weighted by Gasteiger charge is 2.42. The smallest absolute Gasteiger partial charge is 0.273 e. The Morgan fingerprint density at radius 2 is 2.12 bits per heavy atom. The summed E-state index contributed by atoms with van der Waals surface area (Å²) in [6.07, 6.45) is 1.75. The molecule has 5 heterocycles. The largest absolute Gasteiger partial charge is 0.361 e. The van der Waals surface area contributed by atoms with Gasteiger partial charge in [0.2, 0.25) is 5.91 Å². The molecular weight excluding hydrogens is 352 g/mol. The molecule has 2 amide bonds. The number of rotatable bonds is 3. The van der Waals surface area contributed by atoms with E-state index < -0.39 is 0 Å². The van der Waals surface area contributed by atoms with E-state index in [0.717, 1.165) is 34.9 Å². The van der Waals surface area contributed by atoms with Gasteiger partial charge in [-0.3, -0.25) is 9.59 Å². The van der Waals surface area contributed by atoms with E-state index in [1.54, 1.807) is 5.38 Å². The van der Waals surface area contributed by atoms with Crippen LogP contribution in [0.1, 0.15) is 45.4 Å². The molecule has 2 unspecified atom stereocenters. The first-order chi connectivity index (χ1) is 12.4. The van der Waals surface area contributed by atoms with Gasteiger partial charge >= 0.3 is 0 Å². The van der Waals surface area contributed by atoms with E-state index in [2.05, 4.69) is 10.1 Å². The number of amides is 2. The van der Waals surface area contributed by atoms with Gasteiger partial charge in [-0.2, -0.15) is 0 Å². The SMILES string of the molecule is Cc1nc(C(=O)N2CC3CCC(C2)N(Cc2c(C)noc2C)C3=O)cs1. The standard InChI is InChI=1S/C18H22N4O3S/c1-10-15(11(2)25-20-10)8-22-14-5-4-13(17(22)23)6-21(7-14)18(24)16-9-26-12(3)19-16/h9,13-14H,4-8H2,1-3H3. The molecule has 8 heteroatoms. The number of piperidine rings is 1. The molecule has 0 saturated carbocycles. The van der Waals surface area contributed by atoms with Crippen molar-refractivity contribution in [3.05, 3.63) is 33.1 Å². The van der Waals surface area contributed by atoms with Gasteiger partial charge in [0, 0.05) is 30.1 Å². The quantitative estimate of drug-likeness (QED) is 0.824. The Morgan fingerprint density at radius 3 is 2.77 bits per heavy atom. The second-order valence-electron chi connectivity index (χ2n) is 7.16. The minimum atomic E-state index is -0.141. The van der Waals surface area contributed by atoms with Crippen molar-refractivity contribution in [1.82, 2.24) is 19.9 Å². The lowest BCUT2D eigenvalue weighted by molar-refractivity contribution is -0.140. The first kappa shape index (κ1) is 17.2. The molecule has 0 aromatic carbocycles. The third-order valence-corrected chi connectivity index (χ3v) is 6.20. The van der Waals surface area contributed by atoms with Gasteiger partial charge in [0.05, 0.1) is 23.2 Å². The number of carbonyl (C=O) groups is 2. The number of carbonyl (C=O) groups excluding carboxylic acids is 2. The van der Waals surface area contributed by atoms with Crippen LogP contribution in [0, 0.1) is 26.7 Å². The third-order valence-electron chi connectivity index (χ3n) is 5.43. The monoisotopic (exact) mass is 374 g/mol. The number of thiazole rings is 1. The number of aryl methyl sites for hydroxylation is 3. The summed E-state index contributed by atoms with van der Waals surface area (Å²) in [5.74, 6) is 0.670. The molecule has 3 saturated heterocycles. The van der Waals surface area contributed by atoms with Crippen molar-refractivity contribution < 1.29 is 14.1 Å². The van der Waals surface area contributed by atoms with Crippen LogP contribution in [-0.4, -0.2) is 50.9 Å². The van der Waals surface area contributed by atoms with Crippen molar-refractivity contribution in [2.75, 3.05) is 13.1 Å². The summed E-state index contributed by atoms with van der Waals surface area (Å²) < 4.78 is 5.24. The molecule has 2 bridgehead atoms. The van der Waals surface area contributed by atoms with E-state index in [-0.39, 0.29) is 23.8 Å². The molecule has 5 rings (SSSR count). The Kier molecular flexibility index (Phi) is 4.30. The minimum absolute atomic E-state index is 0.0265. The normalized spacial score (nSPS) is 22.8. The van der Waals surface area contributed by atoms with Crippen molar-refractivity contribution in [1.29, 1.82) is 0 Å². The van der Waals surface area contributed by atoms with Gasteiger partial charge in [-0.15, -0.1) is 11.3 Å². The van der Waals surface area contributed by atoms with Crippen LogP contribution >= 0.6 is 11.3 Å². The molecule has 2 aromatic rings. The van der Waals surface area contributed by atoms with Crippen LogP contribution in [-0.2, 0) is 11.3 Å². The van der Waals surface area contributed by atoms with Crippen molar-refractivity contribution in [3.63, 3.8) is 0 Å². The summed E-state index contributed by atoms with van der Waals surface area (Å²) in [5, 5.41) is 6.67. The Morgan fingerprint density at radius 1 is 1.31 bits per heavy atom. The maximum Gasteiger partial charge on any atom is 0.273 e. The van der Waals surface area contributed by atoms with E-state index in [0.29, 0.717) is 25.3 Å². The van der Waals surface area contributed by atoms with E-state index in [4.69, 9.17) is 4.52 Å². The number of hydrogen-bond donors (Lipinski definition) is 0. The predicted octanol–water partition coefficient (Wildman–Crippen LogP) is 2.32. The average molecular weight is 374 g/mol. The molecule has 2 atom stereocenters. The van der Waals surface area contributed by atoms with Gasteiger partial charge in [0.1, 0.15) is 11.5 Å². The summed E-state index contributed by atoms with van der Waals surface area (Å²) in [4.78, 5) is 33.9. The summed E-state index contributed by atoms with van der Waals surface area (Å²) in [6, 6.07) is 0.0265. The Hall–Kier alpha value is -2.22. The van der Waals surface area contributed by atoms with Gasteiger partial charge < -0.3 is 14.3 Å². The van der Waals surface area contributed by atoms with Gasteiger partial charge in [0.25, 0.3) is 5.91 Å². The lowest BCUT2D eigenvalue weighted by Gasteiger charge is -2.35. The molecule has 0 radical (unpaired) electrons. The van der Waals surface area contributed by atoms with Gasteiger partial charge in [-0.1, -0.05) is 5.16 Å². The fourth-order valence-electron chi connectivity index (χ4n) is 3.94. The second-order valence-corrected chi connectivity index (χ2v) is 8.22. The number of nitrogens with zero attached hydrogens (tertiary/aromatic N) is 4. The number of hydrogen-bond acceptors (Lipinski definition) is 6. The lowest BCUT2D eigenvalue weighted by atomic mass is 9.93. The van der Waals surface area contributed by atoms with Crippen molar-refractivity contribution in [3.8, 4) is 0 Å². The van der Waals surface area contributed by atoms with Gasteiger partial charge in [0.15, 0.2) is 0 Å². The maximum atomic E-state index is 13.0. The van der Waals surface area contributed by atoms with Crippen LogP contribution < -0.4 is 0 Å². The molecule has 2 aromatic heterocycles. The summed E-state index contributed by atoms with van der Waals surface area (Å²) in [5.41, 5.74) is 2.28. The summed E-state index contributed by atoms with van der Waals surface area (Å²) in [7, 11) is 0. The maximum absolute atomic E-state index is 13.0. The summed E-state index contributed by atoms with van der Waals surface area (Å²) >= 11 is 1.47. The molecule has 0 aliphatic carbocycles. The number of aromatic nitrogens is 2. The molecular formula is C18H22N4O3S. The average Bonchev–Trinajstić information content (AvgIpc) is 3.06. The van der Waals surface area contributed by atoms with Gasteiger partial charge in [-0.05, 0) is 33.6 Å². The third kappa shape index (κ3) is 2.92. The van der Waals surface area contributed by atoms with E-state index in [1.807, 2.05) is 30.6 Å². The molecule has 3 aliphatic heterocycles. The van der Waals surface area contributed by atoms with Crippen molar-refractivity contribution in [2.24, 2.45) is 5.92 Å². The Bertz CT molecular complexity index is 839. The van der Waals surface area contributed by atoms with Crippen molar-refractivity contribution >= 4 is 23.2 Å². The minimum Gasteiger partial charge on any atom is -0.361 e. The van der Waals surface area contributed by atoms with Crippen LogP contribution in [0.25, 0.3) is 0 Å². The molecule has 7 nitrogen and oxygen atoms in total. The highest BCUT2D eigenvalue weighted by Crippen LogP contribution is 2.32. The zero-order valence-corrected chi connectivity index (χ0v) is 16.0. The summed E-state index contributed by atoms with van der Waals surface area (Å²) in [6.45, 7) is 7.19. The van der Waals surface area contributed by atoms with Crippen LogP contribution in [0.2, 0.25) is 0 Å². The fraction of sp³-hybridized carbons (Fsp3) is 0.556. The first-order valence-corrected chi connectivity index (χ1v) is 9.75. The van der Waals surface area contributed by atoms with Crippen LogP contribution in [0.4, 0.5) is 0 Å². The molecule has 0 N–H and O–H groups in total. The van der Waals surface area contributed by atoms with Crippen LogP contribution in [0.5, 0.6) is 0 Å².